The molecule has 1 aliphatic heterocycles. The standard InChI is InChI=1S/C18H22N2O2/c1-2-14-13-17(22)7-8-18(14)20-11-9-19(10-12-20)15-3-5-16(21)6-4-15/h3-8,13,21-22H,2,9-12H2,1H3. The largest absolute Gasteiger partial charge is 0.508 e. The Morgan fingerprint density at radius 2 is 1.41 bits per heavy atom. The normalized spacial score (nSPS) is 15.1. The number of hydrogen-bond donors (Lipinski definition) is 2. The molecule has 2 aromatic rings. The summed E-state index contributed by atoms with van der Waals surface area (Å²) in [4.78, 5) is 4.72. The molecule has 0 atom stereocenters. The Morgan fingerprint density at radius 3 is 2.05 bits per heavy atom. The van der Waals surface area contributed by atoms with Crippen molar-refractivity contribution in [1.29, 1.82) is 0 Å². The molecule has 0 aliphatic carbocycles. The number of anilines is 2. The van der Waals surface area contributed by atoms with Gasteiger partial charge in [0, 0.05) is 37.6 Å². The van der Waals surface area contributed by atoms with Gasteiger partial charge in [0.2, 0.25) is 0 Å². The number of aryl methyl sites for hydroxylation is 1. The summed E-state index contributed by atoms with van der Waals surface area (Å²) in [5.74, 6) is 0.641. The van der Waals surface area contributed by atoms with Crippen LogP contribution in [0.4, 0.5) is 11.4 Å². The molecule has 0 aromatic heterocycles. The van der Waals surface area contributed by atoms with Crippen LogP contribution in [0.2, 0.25) is 0 Å². The first-order valence-electron chi connectivity index (χ1n) is 7.78. The molecule has 0 radical (unpaired) electrons. The minimum absolute atomic E-state index is 0.305. The van der Waals surface area contributed by atoms with Crippen molar-refractivity contribution in [3.63, 3.8) is 0 Å². The highest BCUT2D eigenvalue weighted by Crippen LogP contribution is 2.27. The maximum atomic E-state index is 9.63. The van der Waals surface area contributed by atoms with Gasteiger partial charge >= 0.3 is 0 Å². The summed E-state index contributed by atoms with van der Waals surface area (Å²) in [6.45, 7) is 5.94. The number of aromatic hydroxyl groups is 2. The third-order valence-electron chi connectivity index (χ3n) is 4.28. The molecule has 2 aromatic carbocycles. The summed E-state index contributed by atoms with van der Waals surface area (Å²) in [6.07, 6.45) is 0.919. The van der Waals surface area contributed by atoms with Gasteiger partial charge in [0.05, 0.1) is 0 Å². The predicted octanol–water partition coefficient (Wildman–Crippen LogP) is 2.99. The van der Waals surface area contributed by atoms with Gasteiger partial charge in [-0.2, -0.15) is 0 Å². The first kappa shape index (κ1) is 14.6. The average Bonchev–Trinajstić information content (AvgIpc) is 2.56. The van der Waals surface area contributed by atoms with Crippen LogP contribution in [0.15, 0.2) is 42.5 Å². The molecule has 0 unspecified atom stereocenters. The Labute approximate surface area is 131 Å². The molecule has 2 N–H and O–H groups in total. The molecule has 1 heterocycles. The van der Waals surface area contributed by atoms with Gasteiger partial charge in [0.1, 0.15) is 11.5 Å². The van der Waals surface area contributed by atoms with Gasteiger partial charge in [0.25, 0.3) is 0 Å². The summed E-state index contributed by atoms with van der Waals surface area (Å²) < 4.78 is 0. The number of rotatable bonds is 3. The highest BCUT2D eigenvalue weighted by molar-refractivity contribution is 5.58. The third kappa shape index (κ3) is 2.96. The van der Waals surface area contributed by atoms with Crippen molar-refractivity contribution in [2.75, 3.05) is 36.0 Å². The number of nitrogens with zero attached hydrogens (tertiary/aromatic N) is 2. The van der Waals surface area contributed by atoms with Crippen LogP contribution in [0.5, 0.6) is 11.5 Å². The van der Waals surface area contributed by atoms with E-state index in [-0.39, 0.29) is 0 Å². The molecule has 1 saturated heterocycles. The Morgan fingerprint density at radius 1 is 0.818 bits per heavy atom. The number of hydrogen-bond acceptors (Lipinski definition) is 4. The van der Waals surface area contributed by atoms with Crippen molar-refractivity contribution in [2.45, 2.75) is 13.3 Å². The summed E-state index contributed by atoms with van der Waals surface area (Å²) in [7, 11) is 0. The Balaban J connectivity index is 1.70. The minimum atomic E-state index is 0.305. The van der Waals surface area contributed by atoms with E-state index < -0.39 is 0 Å². The van der Waals surface area contributed by atoms with Gasteiger partial charge in [-0.15, -0.1) is 0 Å². The van der Waals surface area contributed by atoms with E-state index in [9.17, 15) is 10.2 Å². The monoisotopic (exact) mass is 298 g/mol. The van der Waals surface area contributed by atoms with Crippen LogP contribution < -0.4 is 9.80 Å². The number of phenols is 2. The number of benzene rings is 2. The Hall–Kier alpha value is -2.36. The highest BCUT2D eigenvalue weighted by Gasteiger charge is 2.19. The van der Waals surface area contributed by atoms with E-state index in [0.29, 0.717) is 11.5 Å². The first-order valence-corrected chi connectivity index (χ1v) is 7.78. The zero-order chi connectivity index (χ0) is 15.5. The van der Waals surface area contributed by atoms with Crippen LogP contribution in [-0.4, -0.2) is 36.4 Å². The lowest BCUT2D eigenvalue weighted by atomic mass is 10.1. The molecule has 0 amide bonds. The molecule has 0 bridgehead atoms. The second kappa shape index (κ2) is 6.18. The smallest absolute Gasteiger partial charge is 0.116 e. The van der Waals surface area contributed by atoms with Crippen molar-refractivity contribution in [3.8, 4) is 11.5 Å². The van der Waals surface area contributed by atoms with Crippen LogP contribution in [-0.2, 0) is 6.42 Å². The van der Waals surface area contributed by atoms with Gasteiger partial charge < -0.3 is 20.0 Å². The molecular formula is C18H22N2O2. The fraction of sp³-hybridized carbons (Fsp3) is 0.333. The highest BCUT2D eigenvalue weighted by atomic mass is 16.3. The Bertz CT molecular complexity index is 632. The van der Waals surface area contributed by atoms with Crippen molar-refractivity contribution in [1.82, 2.24) is 0 Å². The van der Waals surface area contributed by atoms with Crippen LogP contribution in [0.1, 0.15) is 12.5 Å². The van der Waals surface area contributed by atoms with E-state index in [0.717, 1.165) is 38.3 Å². The van der Waals surface area contributed by atoms with Crippen molar-refractivity contribution in [2.24, 2.45) is 0 Å². The second-order valence-corrected chi connectivity index (χ2v) is 5.66. The molecule has 3 rings (SSSR count). The van der Waals surface area contributed by atoms with Crippen molar-refractivity contribution < 1.29 is 10.2 Å². The van der Waals surface area contributed by atoms with E-state index >= 15 is 0 Å². The first-order chi connectivity index (χ1) is 10.7. The van der Waals surface area contributed by atoms with E-state index in [1.54, 1.807) is 18.2 Å². The topological polar surface area (TPSA) is 46.9 Å². The van der Waals surface area contributed by atoms with Crippen molar-refractivity contribution in [3.05, 3.63) is 48.0 Å². The maximum Gasteiger partial charge on any atom is 0.116 e. The van der Waals surface area contributed by atoms with Gasteiger partial charge in [-0.1, -0.05) is 6.92 Å². The molecule has 1 aliphatic rings. The summed E-state index contributed by atoms with van der Waals surface area (Å²) in [6, 6.07) is 13.0. The third-order valence-corrected chi connectivity index (χ3v) is 4.28. The molecule has 4 heteroatoms. The molecule has 0 saturated carbocycles. The summed E-state index contributed by atoms with van der Waals surface area (Å²) >= 11 is 0. The van der Waals surface area contributed by atoms with E-state index in [2.05, 4.69) is 16.7 Å². The van der Waals surface area contributed by atoms with E-state index in [1.165, 1.54) is 11.3 Å². The summed E-state index contributed by atoms with van der Waals surface area (Å²) in [5, 5.41) is 19.0. The van der Waals surface area contributed by atoms with E-state index in [1.807, 2.05) is 24.3 Å². The number of piperazine rings is 1. The predicted molar refractivity (Wildman–Crippen MR) is 90.0 cm³/mol. The van der Waals surface area contributed by atoms with Gasteiger partial charge in [-0.05, 0) is 54.4 Å². The number of phenolic OH excluding ortho intramolecular Hbond substituents is 2. The molecule has 4 nitrogen and oxygen atoms in total. The lowest BCUT2D eigenvalue weighted by molar-refractivity contribution is 0.474. The summed E-state index contributed by atoms with van der Waals surface area (Å²) in [5.41, 5.74) is 3.57. The maximum absolute atomic E-state index is 9.63. The molecule has 22 heavy (non-hydrogen) atoms. The van der Waals surface area contributed by atoms with Crippen LogP contribution in [0, 0.1) is 0 Å². The lowest BCUT2D eigenvalue weighted by Gasteiger charge is -2.38. The molecule has 116 valence electrons. The fourth-order valence-electron chi connectivity index (χ4n) is 3.03. The van der Waals surface area contributed by atoms with Crippen molar-refractivity contribution >= 4 is 11.4 Å². The fourth-order valence-corrected chi connectivity index (χ4v) is 3.03. The average molecular weight is 298 g/mol. The quantitative estimate of drug-likeness (QED) is 0.914. The Kier molecular flexibility index (Phi) is 4.09. The van der Waals surface area contributed by atoms with Crippen LogP contribution in [0.3, 0.4) is 0 Å². The zero-order valence-corrected chi connectivity index (χ0v) is 12.9. The minimum Gasteiger partial charge on any atom is -0.508 e. The van der Waals surface area contributed by atoms with Gasteiger partial charge in [0.15, 0.2) is 0 Å². The van der Waals surface area contributed by atoms with E-state index in [4.69, 9.17) is 0 Å². The molecule has 0 spiro atoms. The van der Waals surface area contributed by atoms with Gasteiger partial charge in [-0.3, -0.25) is 0 Å². The van der Waals surface area contributed by atoms with Gasteiger partial charge in [-0.25, -0.2) is 0 Å². The SMILES string of the molecule is CCc1cc(O)ccc1N1CCN(c2ccc(O)cc2)CC1. The van der Waals surface area contributed by atoms with Crippen LogP contribution in [0.25, 0.3) is 0 Å². The zero-order valence-electron chi connectivity index (χ0n) is 12.9. The molecular weight excluding hydrogens is 276 g/mol. The molecule has 1 fully saturated rings. The van der Waals surface area contributed by atoms with Crippen LogP contribution >= 0.6 is 0 Å². The lowest BCUT2D eigenvalue weighted by Crippen LogP contribution is -2.46. The second-order valence-electron chi connectivity index (χ2n) is 5.66.